The molecule has 110 valence electrons. The smallest absolute Gasteiger partial charge is 0.243 e. The average Bonchev–Trinajstić information content (AvgIpc) is 2.46. The number of benzene rings is 2. The first kappa shape index (κ1) is 15.2. The lowest BCUT2D eigenvalue weighted by Gasteiger charge is -2.10. The number of hydrogen-bond acceptors (Lipinski definition) is 2. The number of nitrogens with one attached hydrogen (secondary N) is 2. The molecule has 0 saturated carbocycles. The lowest BCUT2D eigenvalue weighted by atomic mass is 10.2. The van der Waals surface area contributed by atoms with E-state index in [2.05, 4.69) is 10.6 Å². The van der Waals surface area contributed by atoms with Crippen LogP contribution in [0.1, 0.15) is 0 Å². The van der Waals surface area contributed by atoms with E-state index < -0.39 is 23.4 Å². The monoisotopic (exact) mass is 314 g/mol. The summed E-state index contributed by atoms with van der Waals surface area (Å²) in [6.45, 7) is -0.326. The van der Waals surface area contributed by atoms with Crippen LogP contribution >= 0.6 is 11.6 Å². The van der Waals surface area contributed by atoms with Gasteiger partial charge in [0, 0.05) is 0 Å². The van der Waals surface area contributed by atoms with Crippen LogP contribution in [0.4, 0.5) is 24.5 Å². The Hall–Kier alpha value is -2.21. The van der Waals surface area contributed by atoms with E-state index in [4.69, 9.17) is 11.6 Å². The Kier molecular flexibility index (Phi) is 4.70. The average molecular weight is 315 g/mol. The zero-order valence-corrected chi connectivity index (χ0v) is 11.3. The number of carbonyl (C=O) groups excluding carboxylic acids is 1. The fourth-order valence-electron chi connectivity index (χ4n) is 1.59. The minimum atomic E-state index is -1.59. The molecule has 0 spiro atoms. The van der Waals surface area contributed by atoms with Crippen molar-refractivity contribution in [3.05, 3.63) is 58.9 Å². The molecule has 3 nitrogen and oxygen atoms in total. The molecule has 2 aromatic rings. The summed E-state index contributed by atoms with van der Waals surface area (Å²) in [7, 11) is 0. The molecule has 0 atom stereocenters. The largest absolute Gasteiger partial charge is 0.374 e. The zero-order valence-electron chi connectivity index (χ0n) is 10.6. The van der Waals surface area contributed by atoms with Crippen LogP contribution in [0.25, 0.3) is 0 Å². The molecule has 0 bridgehead atoms. The molecule has 0 radical (unpaired) electrons. The van der Waals surface area contributed by atoms with E-state index in [1.165, 1.54) is 0 Å². The second kappa shape index (κ2) is 6.49. The van der Waals surface area contributed by atoms with Gasteiger partial charge in [-0.2, -0.15) is 0 Å². The van der Waals surface area contributed by atoms with E-state index in [9.17, 15) is 18.0 Å². The van der Waals surface area contributed by atoms with E-state index >= 15 is 0 Å². The maximum absolute atomic E-state index is 13.4. The lowest BCUT2D eigenvalue weighted by molar-refractivity contribution is -0.114. The van der Waals surface area contributed by atoms with E-state index in [0.29, 0.717) is 10.7 Å². The molecule has 21 heavy (non-hydrogen) atoms. The highest BCUT2D eigenvalue weighted by Crippen LogP contribution is 2.21. The minimum Gasteiger partial charge on any atom is -0.374 e. The summed E-state index contributed by atoms with van der Waals surface area (Å²) in [5.41, 5.74) is 0.0972. The number of amides is 1. The predicted molar refractivity (Wildman–Crippen MR) is 74.9 cm³/mol. The molecule has 0 aromatic heterocycles. The van der Waals surface area contributed by atoms with Crippen LogP contribution < -0.4 is 10.6 Å². The summed E-state index contributed by atoms with van der Waals surface area (Å²) >= 11 is 5.86. The summed E-state index contributed by atoms with van der Waals surface area (Å²) in [5, 5.41) is 5.24. The molecular formula is C14H10ClF3N2O. The lowest BCUT2D eigenvalue weighted by Crippen LogP contribution is -2.22. The highest BCUT2D eigenvalue weighted by Gasteiger charge is 2.14. The van der Waals surface area contributed by atoms with Crippen molar-refractivity contribution in [2.75, 3.05) is 17.2 Å². The maximum atomic E-state index is 13.4. The third kappa shape index (κ3) is 3.66. The fourth-order valence-corrected chi connectivity index (χ4v) is 1.78. The van der Waals surface area contributed by atoms with Crippen molar-refractivity contribution in [3.63, 3.8) is 0 Å². The fraction of sp³-hybridized carbons (Fsp3) is 0.0714. The Balaban J connectivity index is 1.99. The number of rotatable bonds is 4. The van der Waals surface area contributed by atoms with E-state index in [1.807, 2.05) is 0 Å². The molecule has 0 aliphatic carbocycles. The van der Waals surface area contributed by atoms with Gasteiger partial charge in [-0.3, -0.25) is 4.79 Å². The van der Waals surface area contributed by atoms with Gasteiger partial charge in [-0.05, 0) is 24.3 Å². The Morgan fingerprint density at radius 1 is 1.00 bits per heavy atom. The van der Waals surface area contributed by atoms with Crippen molar-refractivity contribution in [2.45, 2.75) is 0 Å². The molecule has 0 unspecified atom stereocenters. The minimum absolute atomic E-state index is 0.303. The van der Waals surface area contributed by atoms with Crippen LogP contribution in [-0.2, 0) is 4.79 Å². The molecule has 2 rings (SSSR count). The summed E-state index contributed by atoms with van der Waals surface area (Å²) in [6, 6.07) is 8.36. The van der Waals surface area contributed by atoms with Crippen molar-refractivity contribution in [1.82, 2.24) is 0 Å². The predicted octanol–water partition coefficient (Wildman–Crippen LogP) is 3.81. The summed E-state index contributed by atoms with van der Waals surface area (Å²) in [4.78, 5) is 11.7. The van der Waals surface area contributed by atoms with Gasteiger partial charge < -0.3 is 10.6 Å². The third-order valence-corrected chi connectivity index (χ3v) is 2.95. The van der Waals surface area contributed by atoms with Gasteiger partial charge in [0.1, 0.15) is 0 Å². The van der Waals surface area contributed by atoms with Gasteiger partial charge in [0.2, 0.25) is 5.91 Å². The molecule has 0 aliphatic heterocycles. The highest BCUT2D eigenvalue weighted by atomic mass is 35.5. The molecule has 0 fully saturated rings. The number of hydrogen-bond donors (Lipinski definition) is 2. The second-order valence-corrected chi connectivity index (χ2v) is 4.51. The Morgan fingerprint density at radius 3 is 2.43 bits per heavy atom. The van der Waals surface area contributed by atoms with Crippen LogP contribution in [0.15, 0.2) is 36.4 Å². The topological polar surface area (TPSA) is 41.1 Å². The normalized spacial score (nSPS) is 10.3. The van der Waals surface area contributed by atoms with Crippen molar-refractivity contribution in [1.29, 1.82) is 0 Å². The van der Waals surface area contributed by atoms with Crippen LogP contribution in [0.5, 0.6) is 0 Å². The van der Waals surface area contributed by atoms with Crippen molar-refractivity contribution in [2.24, 2.45) is 0 Å². The highest BCUT2D eigenvalue weighted by molar-refractivity contribution is 6.33. The first-order valence-electron chi connectivity index (χ1n) is 5.91. The summed E-state index contributed by atoms with van der Waals surface area (Å²) in [5.74, 6) is -4.77. The summed E-state index contributed by atoms with van der Waals surface area (Å²) in [6.07, 6.45) is 0. The number of halogens is 4. The maximum Gasteiger partial charge on any atom is 0.243 e. The first-order valence-corrected chi connectivity index (χ1v) is 6.28. The zero-order chi connectivity index (χ0) is 15.4. The van der Waals surface area contributed by atoms with E-state index in [-0.39, 0.29) is 12.2 Å². The van der Waals surface area contributed by atoms with Gasteiger partial charge in [0.05, 0.1) is 22.9 Å². The standard InChI is InChI=1S/C14H10ClF3N2O/c15-8-3-1-2-4-10(8)20-12(21)7-19-11-6-5-9(16)13(17)14(11)18/h1-6,19H,7H2,(H,20,21). The molecule has 1 amide bonds. The number of carbonyl (C=O) groups is 1. The Labute approximate surface area is 123 Å². The molecule has 2 aromatic carbocycles. The first-order chi connectivity index (χ1) is 9.99. The molecule has 7 heteroatoms. The second-order valence-electron chi connectivity index (χ2n) is 4.10. The van der Waals surface area contributed by atoms with Gasteiger partial charge in [-0.15, -0.1) is 0 Å². The van der Waals surface area contributed by atoms with Crippen LogP contribution in [0.3, 0.4) is 0 Å². The molecule has 0 aliphatic rings. The number of para-hydroxylation sites is 1. The van der Waals surface area contributed by atoms with Crippen LogP contribution in [0.2, 0.25) is 5.02 Å². The molecular weight excluding hydrogens is 305 g/mol. The van der Waals surface area contributed by atoms with Crippen LogP contribution in [0, 0.1) is 17.5 Å². The van der Waals surface area contributed by atoms with Gasteiger partial charge >= 0.3 is 0 Å². The quantitative estimate of drug-likeness (QED) is 0.843. The Morgan fingerprint density at radius 2 is 1.71 bits per heavy atom. The van der Waals surface area contributed by atoms with E-state index in [1.54, 1.807) is 24.3 Å². The van der Waals surface area contributed by atoms with Gasteiger partial charge in [-0.25, -0.2) is 13.2 Å². The third-order valence-electron chi connectivity index (χ3n) is 2.62. The molecule has 0 saturated heterocycles. The number of anilines is 2. The molecule has 2 N–H and O–H groups in total. The van der Waals surface area contributed by atoms with Crippen molar-refractivity contribution in [3.8, 4) is 0 Å². The Bertz CT molecular complexity index is 679. The van der Waals surface area contributed by atoms with Crippen LogP contribution in [-0.4, -0.2) is 12.5 Å². The van der Waals surface area contributed by atoms with Gasteiger partial charge in [0.15, 0.2) is 17.5 Å². The van der Waals surface area contributed by atoms with Gasteiger partial charge in [0.25, 0.3) is 0 Å². The van der Waals surface area contributed by atoms with Gasteiger partial charge in [-0.1, -0.05) is 23.7 Å². The van der Waals surface area contributed by atoms with E-state index in [0.717, 1.165) is 12.1 Å². The SMILES string of the molecule is O=C(CNc1ccc(F)c(F)c1F)Nc1ccccc1Cl. The molecule has 0 heterocycles. The summed E-state index contributed by atoms with van der Waals surface area (Å²) < 4.78 is 39.1. The van der Waals surface area contributed by atoms with Crippen molar-refractivity contribution < 1.29 is 18.0 Å². The van der Waals surface area contributed by atoms with Crippen molar-refractivity contribution >= 4 is 28.9 Å².